The standard InChI is InChI=1S/C10H22NO4P/c1-5-11(6-2)10(12)9-16(13,14-7-3)15-8-4/h9,12H,5-8H2,1-4H3/b10-9-. The number of aliphatic hydroxyl groups is 1. The number of nitrogens with zero attached hydrogens (tertiary/aromatic N) is 1. The largest absolute Gasteiger partial charge is 0.494 e. The number of aliphatic hydroxyl groups excluding tert-OH is 1. The predicted octanol–water partition coefficient (Wildman–Crippen LogP) is 2.95. The van der Waals surface area contributed by atoms with E-state index in [0.717, 1.165) is 0 Å². The fourth-order valence-electron chi connectivity index (χ4n) is 1.24. The third kappa shape index (κ3) is 5.01. The molecule has 0 aliphatic carbocycles. The van der Waals surface area contributed by atoms with Crippen LogP contribution in [0.1, 0.15) is 27.7 Å². The zero-order chi connectivity index (χ0) is 12.6. The van der Waals surface area contributed by atoms with Gasteiger partial charge in [0.25, 0.3) is 0 Å². The smallest absolute Gasteiger partial charge is 0.359 e. The van der Waals surface area contributed by atoms with Gasteiger partial charge in [-0.1, -0.05) is 0 Å². The molecule has 16 heavy (non-hydrogen) atoms. The molecular weight excluding hydrogens is 229 g/mol. The van der Waals surface area contributed by atoms with Crippen LogP contribution in [0.3, 0.4) is 0 Å². The molecule has 0 fully saturated rings. The van der Waals surface area contributed by atoms with Gasteiger partial charge in [-0.25, -0.2) is 0 Å². The Kier molecular flexibility index (Phi) is 7.47. The molecule has 0 radical (unpaired) electrons. The summed E-state index contributed by atoms with van der Waals surface area (Å²) < 4.78 is 22.2. The first-order chi connectivity index (χ1) is 7.52. The number of hydrogen-bond donors (Lipinski definition) is 1. The summed E-state index contributed by atoms with van der Waals surface area (Å²) in [6.07, 6.45) is 0. The van der Waals surface area contributed by atoms with Crippen molar-refractivity contribution in [1.29, 1.82) is 0 Å². The van der Waals surface area contributed by atoms with Gasteiger partial charge in [-0.2, -0.15) is 0 Å². The van der Waals surface area contributed by atoms with E-state index < -0.39 is 7.60 Å². The van der Waals surface area contributed by atoms with Crippen molar-refractivity contribution in [2.75, 3.05) is 26.3 Å². The number of hydrogen-bond acceptors (Lipinski definition) is 5. The molecule has 0 saturated carbocycles. The average Bonchev–Trinajstić information content (AvgIpc) is 2.19. The van der Waals surface area contributed by atoms with Crippen molar-refractivity contribution in [1.82, 2.24) is 4.90 Å². The van der Waals surface area contributed by atoms with Gasteiger partial charge in [-0.05, 0) is 27.7 Å². The SMILES string of the molecule is CCOP(=O)(/C=C(\O)N(CC)CC)OCC. The highest BCUT2D eigenvalue weighted by molar-refractivity contribution is 7.57. The maximum absolute atomic E-state index is 12.1. The van der Waals surface area contributed by atoms with E-state index in [2.05, 4.69) is 0 Å². The van der Waals surface area contributed by atoms with Crippen LogP contribution < -0.4 is 0 Å². The summed E-state index contributed by atoms with van der Waals surface area (Å²) in [4.78, 5) is 1.67. The van der Waals surface area contributed by atoms with Crippen molar-refractivity contribution in [3.8, 4) is 0 Å². The van der Waals surface area contributed by atoms with Crippen molar-refractivity contribution in [3.63, 3.8) is 0 Å². The summed E-state index contributed by atoms with van der Waals surface area (Å²) in [5.41, 5.74) is 0. The summed E-state index contributed by atoms with van der Waals surface area (Å²) in [7, 11) is -3.31. The molecule has 0 spiro atoms. The minimum absolute atomic E-state index is 0.0600. The van der Waals surface area contributed by atoms with E-state index >= 15 is 0 Å². The Labute approximate surface area is 97.6 Å². The molecule has 96 valence electrons. The molecule has 0 saturated heterocycles. The Balaban J connectivity index is 4.82. The second kappa shape index (κ2) is 7.71. The second-order valence-electron chi connectivity index (χ2n) is 3.03. The molecule has 5 nitrogen and oxygen atoms in total. The molecule has 0 aliphatic rings. The molecule has 0 heterocycles. The molecule has 0 aromatic carbocycles. The first kappa shape index (κ1) is 15.5. The summed E-state index contributed by atoms with van der Waals surface area (Å²) in [5.74, 6) is 1.11. The van der Waals surface area contributed by atoms with Crippen molar-refractivity contribution in [3.05, 3.63) is 11.7 Å². The van der Waals surface area contributed by atoms with Crippen molar-refractivity contribution in [2.45, 2.75) is 27.7 Å². The quantitative estimate of drug-likeness (QED) is 0.531. The Hall–Kier alpha value is -0.510. The molecule has 0 rings (SSSR count). The van der Waals surface area contributed by atoms with Gasteiger partial charge < -0.3 is 19.1 Å². The van der Waals surface area contributed by atoms with Gasteiger partial charge in [0.05, 0.1) is 19.0 Å². The van der Waals surface area contributed by atoms with E-state index in [4.69, 9.17) is 9.05 Å². The van der Waals surface area contributed by atoms with Gasteiger partial charge in [0.1, 0.15) is 0 Å². The first-order valence-corrected chi connectivity index (χ1v) is 7.19. The number of rotatable bonds is 8. The van der Waals surface area contributed by atoms with Crippen LogP contribution >= 0.6 is 7.60 Å². The highest BCUT2D eigenvalue weighted by Crippen LogP contribution is 2.50. The highest BCUT2D eigenvalue weighted by Gasteiger charge is 2.22. The molecule has 0 amide bonds. The monoisotopic (exact) mass is 251 g/mol. The third-order valence-corrected chi connectivity index (χ3v) is 3.76. The van der Waals surface area contributed by atoms with Gasteiger partial charge in [0.15, 0.2) is 5.88 Å². The van der Waals surface area contributed by atoms with Crippen molar-refractivity contribution < 1.29 is 18.7 Å². The fraction of sp³-hybridized carbons (Fsp3) is 0.800. The molecular formula is C10H22NO4P. The fourth-order valence-corrected chi connectivity index (χ4v) is 2.63. The normalized spacial score (nSPS) is 12.9. The summed E-state index contributed by atoms with van der Waals surface area (Å²) in [6.45, 7) is 9.09. The predicted molar refractivity (Wildman–Crippen MR) is 64.5 cm³/mol. The zero-order valence-electron chi connectivity index (χ0n) is 10.5. The molecule has 0 aromatic rings. The van der Waals surface area contributed by atoms with Gasteiger partial charge in [-0.3, -0.25) is 4.57 Å². The lowest BCUT2D eigenvalue weighted by molar-refractivity contribution is 0.205. The lowest BCUT2D eigenvalue weighted by Crippen LogP contribution is -2.22. The first-order valence-electron chi connectivity index (χ1n) is 5.58. The molecule has 6 heteroatoms. The second-order valence-corrected chi connectivity index (χ2v) is 4.89. The van der Waals surface area contributed by atoms with E-state index in [1.54, 1.807) is 18.7 Å². The Morgan fingerprint density at radius 1 is 1.19 bits per heavy atom. The maximum atomic E-state index is 12.1. The van der Waals surface area contributed by atoms with Crippen LogP contribution in [0.2, 0.25) is 0 Å². The van der Waals surface area contributed by atoms with Crippen molar-refractivity contribution in [2.24, 2.45) is 0 Å². The molecule has 0 atom stereocenters. The maximum Gasteiger partial charge on any atom is 0.359 e. The van der Waals surface area contributed by atoms with Crippen LogP contribution in [0, 0.1) is 0 Å². The van der Waals surface area contributed by atoms with E-state index in [9.17, 15) is 9.67 Å². The summed E-state index contributed by atoms with van der Waals surface area (Å²) in [5, 5.41) is 9.75. The van der Waals surface area contributed by atoms with E-state index in [0.29, 0.717) is 13.1 Å². The Morgan fingerprint density at radius 2 is 1.62 bits per heavy atom. The Morgan fingerprint density at radius 3 is 1.94 bits per heavy atom. The van der Waals surface area contributed by atoms with Gasteiger partial charge in [0, 0.05) is 13.1 Å². The van der Waals surface area contributed by atoms with Crippen LogP contribution in [0.5, 0.6) is 0 Å². The average molecular weight is 251 g/mol. The zero-order valence-corrected chi connectivity index (χ0v) is 11.4. The van der Waals surface area contributed by atoms with Gasteiger partial charge >= 0.3 is 7.60 Å². The van der Waals surface area contributed by atoms with Crippen LogP contribution in [0.4, 0.5) is 0 Å². The lowest BCUT2D eigenvalue weighted by Gasteiger charge is -2.21. The van der Waals surface area contributed by atoms with Crippen molar-refractivity contribution >= 4 is 7.60 Å². The van der Waals surface area contributed by atoms with Crippen LogP contribution in [-0.4, -0.2) is 36.3 Å². The van der Waals surface area contributed by atoms with E-state index in [1.807, 2.05) is 13.8 Å². The molecule has 0 aliphatic heterocycles. The van der Waals surface area contributed by atoms with Gasteiger partial charge in [-0.15, -0.1) is 0 Å². The highest BCUT2D eigenvalue weighted by atomic mass is 31.2. The van der Waals surface area contributed by atoms with E-state index in [-0.39, 0.29) is 19.1 Å². The minimum Gasteiger partial charge on any atom is -0.494 e. The molecule has 0 unspecified atom stereocenters. The third-order valence-electron chi connectivity index (χ3n) is 1.98. The summed E-state index contributed by atoms with van der Waals surface area (Å²) in [6, 6.07) is 0. The topological polar surface area (TPSA) is 59.0 Å². The minimum atomic E-state index is -3.31. The van der Waals surface area contributed by atoms with Crippen LogP contribution in [-0.2, 0) is 13.6 Å². The van der Waals surface area contributed by atoms with Crippen LogP contribution in [0.15, 0.2) is 11.7 Å². The van der Waals surface area contributed by atoms with Gasteiger partial charge in [0.2, 0.25) is 0 Å². The van der Waals surface area contributed by atoms with E-state index in [1.165, 1.54) is 5.82 Å². The molecule has 1 N–H and O–H groups in total. The summed E-state index contributed by atoms with van der Waals surface area (Å²) >= 11 is 0. The molecule has 0 bridgehead atoms. The van der Waals surface area contributed by atoms with Crippen LogP contribution in [0.25, 0.3) is 0 Å². The Bertz CT molecular complexity index is 254. The lowest BCUT2D eigenvalue weighted by atomic mass is 10.5. The molecule has 0 aromatic heterocycles.